The molecule has 0 aliphatic rings. The number of hydrogen-bond donors (Lipinski definition) is 1. The minimum Gasteiger partial charge on any atom is -0.362 e. The van der Waals surface area contributed by atoms with Gasteiger partial charge in [-0.05, 0) is 29.6 Å². The molecule has 0 aromatic carbocycles. The molecule has 0 saturated carbocycles. The highest BCUT2D eigenvalue weighted by atomic mass is 32.1. The van der Waals surface area contributed by atoms with E-state index in [1.165, 1.54) is 4.88 Å². The van der Waals surface area contributed by atoms with Crippen LogP contribution in [0.25, 0.3) is 0 Å². The molecule has 1 rings (SSSR count). The van der Waals surface area contributed by atoms with Crippen molar-refractivity contribution in [1.29, 1.82) is 0 Å². The van der Waals surface area contributed by atoms with Crippen LogP contribution in [0.1, 0.15) is 18.7 Å². The number of nitrogens with one attached hydrogen (secondary N) is 1. The number of nitrogens with zero attached hydrogens (tertiary/aromatic N) is 1. The molecule has 0 amide bonds. The quantitative estimate of drug-likeness (QED) is 0.817. The first kappa shape index (κ1) is 12.5. The molecule has 0 aliphatic heterocycles. The first-order chi connectivity index (χ1) is 7.09. The molecule has 0 radical (unpaired) electrons. The van der Waals surface area contributed by atoms with E-state index in [1.807, 2.05) is 7.05 Å². The van der Waals surface area contributed by atoms with Crippen LogP contribution in [0.4, 0.5) is 0 Å². The maximum Gasteiger partial charge on any atom is 0.169 e. The second-order valence-corrected chi connectivity index (χ2v) is 5.43. The predicted molar refractivity (Wildman–Crippen MR) is 71.2 cm³/mol. The number of hydrogen-bond acceptors (Lipinski definition) is 2. The zero-order valence-electron chi connectivity index (χ0n) is 9.49. The lowest BCUT2D eigenvalue weighted by molar-refractivity contribution is 0.484. The van der Waals surface area contributed by atoms with E-state index in [0.717, 1.165) is 18.2 Å². The van der Waals surface area contributed by atoms with Crippen LogP contribution in [0, 0.1) is 5.92 Å². The molecule has 84 valence electrons. The van der Waals surface area contributed by atoms with Gasteiger partial charge in [0.2, 0.25) is 0 Å². The first-order valence-electron chi connectivity index (χ1n) is 5.11. The molecule has 0 aliphatic carbocycles. The summed E-state index contributed by atoms with van der Waals surface area (Å²) in [5.41, 5.74) is 0. The summed E-state index contributed by atoms with van der Waals surface area (Å²) in [6.07, 6.45) is 0. The molecular weight excluding hydrogens is 224 g/mol. The van der Waals surface area contributed by atoms with E-state index in [4.69, 9.17) is 12.2 Å². The van der Waals surface area contributed by atoms with E-state index < -0.39 is 0 Å². The van der Waals surface area contributed by atoms with Gasteiger partial charge in [0.15, 0.2) is 5.11 Å². The molecule has 0 unspecified atom stereocenters. The predicted octanol–water partition coefficient (Wildman–Crippen LogP) is 2.71. The van der Waals surface area contributed by atoms with Crippen molar-refractivity contribution in [3.63, 3.8) is 0 Å². The van der Waals surface area contributed by atoms with Crippen LogP contribution in [0.5, 0.6) is 0 Å². The fourth-order valence-electron chi connectivity index (χ4n) is 1.13. The van der Waals surface area contributed by atoms with Gasteiger partial charge in [-0.15, -0.1) is 11.3 Å². The fraction of sp³-hybridized carbons (Fsp3) is 0.545. The minimum atomic E-state index is 0.623. The highest BCUT2D eigenvalue weighted by Gasteiger charge is 2.05. The van der Waals surface area contributed by atoms with Crippen LogP contribution >= 0.6 is 23.6 Å². The van der Waals surface area contributed by atoms with Crippen LogP contribution in [-0.2, 0) is 6.54 Å². The van der Waals surface area contributed by atoms with Crippen molar-refractivity contribution in [2.24, 2.45) is 5.92 Å². The van der Waals surface area contributed by atoms with Crippen molar-refractivity contribution in [3.8, 4) is 0 Å². The van der Waals surface area contributed by atoms with Crippen molar-refractivity contribution in [2.45, 2.75) is 20.4 Å². The van der Waals surface area contributed by atoms with Gasteiger partial charge < -0.3 is 10.2 Å². The zero-order chi connectivity index (χ0) is 11.3. The summed E-state index contributed by atoms with van der Waals surface area (Å²) in [7, 11) is 2.02. The van der Waals surface area contributed by atoms with Crippen molar-refractivity contribution in [3.05, 3.63) is 22.4 Å². The van der Waals surface area contributed by atoms with Crippen molar-refractivity contribution >= 4 is 28.7 Å². The van der Waals surface area contributed by atoms with E-state index in [9.17, 15) is 0 Å². The third kappa shape index (κ3) is 4.62. The molecule has 2 nitrogen and oxygen atoms in total. The van der Waals surface area contributed by atoms with Gasteiger partial charge in [0.25, 0.3) is 0 Å². The van der Waals surface area contributed by atoms with Crippen LogP contribution in [0.2, 0.25) is 0 Å². The van der Waals surface area contributed by atoms with Gasteiger partial charge in [0, 0.05) is 18.5 Å². The molecule has 0 atom stereocenters. The van der Waals surface area contributed by atoms with E-state index in [-0.39, 0.29) is 0 Å². The molecule has 1 aromatic rings. The highest BCUT2D eigenvalue weighted by molar-refractivity contribution is 7.80. The third-order valence-corrected chi connectivity index (χ3v) is 3.30. The van der Waals surface area contributed by atoms with Gasteiger partial charge in [-0.3, -0.25) is 0 Å². The Balaban J connectivity index is 2.33. The lowest BCUT2D eigenvalue weighted by Gasteiger charge is -2.21. The van der Waals surface area contributed by atoms with Gasteiger partial charge >= 0.3 is 0 Å². The second kappa shape index (κ2) is 6.08. The largest absolute Gasteiger partial charge is 0.362 e. The third-order valence-electron chi connectivity index (χ3n) is 1.98. The molecule has 0 saturated heterocycles. The maximum absolute atomic E-state index is 5.29. The molecule has 0 fully saturated rings. The number of rotatable bonds is 4. The summed E-state index contributed by atoms with van der Waals surface area (Å²) < 4.78 is 0. The number of thiophene rings is 1. The highest BCUT2D eigenvalue weighted by Crippen LogP contribution is 2.10. The van der Waals surface area contributed by atoms with Crippen LogP contribution < -0.4 is 5.32 Å². The topological polar surface area (TPSA) is 15.3 Å². The average molecular weight is 242 g/mol. The minimum absolute atomic E-state index is 0.623. The SMILES string of the molecule is CC(C)CNC(=S)N(C)Cc1cccs1. The Bertz CT molecular complexity index is 294. The molecule has 15 heavy (non-hydrogen) atoms. The Kier molecular flexibility index (Phi) is 5.05. The lowest BCUT2D eigenvalue weighted by Crippen LogP contribution is -2.38. The molecule has 4 heteroatoms. The monoisotopic (exact) mass is 242 g/mol. The number of thiocarbonyl (C=S) groups is 1. The zero-order valence-corrected chi connectivity index (χ0v) is 11.1. The summed E-state index contributed by atoms with van der Waals surface area (Å²) in [5.74, 6) is 0.623. The Morgan fingerprint density at radius 1 is 1.60 bits per heavy atom. The van der Waals surface area contributed by atoms with E-state index in [2.05, 4.69) is 41.6 Å². The van der Waals surface area contributed by atoms with Gasteiger partial charge in [0.1, 0.15) is 0 Å². The maximum atomic E-state index is 5.29. The van der Waals surface area contributed by atoms with Gasteiger partial charge in [-0.25, -0.2) is 0 Å². The standard InChI is InChI=1S/C11H18N2S2/c1-9(2)7-12-11(14)13(3)8-10-5-4-6-15-10/h4-6,9H,7-8H2,1-3H3,(H,12,14). The fourth-order valence-corrected chi connectivity index (χ4v) is 2.04. The second-order valence-electron chi connectivity index (χ2n) is 4.02. The molecular formula is C11H18N2S2. The van der Waals surface area contributed by atoms with E-state index in [0.29, 0.717) is 5.92 Å². The molecule has 0 bridgehead atoms. The molecule has 1 aromatic heterocycles. The smallest absolute Gasteiger partial charge is 0.169 e. The normalized spacial score (nSPS) is 10.4. The lowest BCUT2D eigenvalue weighted by atomic mass is 10.2. The Hall–Kier alpha value is -0.610. The van der Waals surface area contributed by atoms with Gasteiger partial charge in [-0.1, -0.05) is 19.9 Å². The molecule has 1 N–H and O–H groups in total. The van der Waals surface area contributed by atoms with E-state index >= 15 is 0 Å². The summed E-state index contributed by atoms with van der Waals surface area (Å²) in [5, 5.41) is 6.18. The van der Waals surface area contributed by atoms with Crippen molar-refractivity contribution in [1.82, 2.24) is 10.2 Å². The van der Waals surface area contributed by atoms with Crippen LogP contribution in [0.3, 0.4) is 0 Å². The van der Waals surface area contributed by atoms with Crippen LogP contribution in [-0.4, -0.2) is 23.6 Å². The first-order valence-corrected chi connectivity index (χ1v) is 6.39. The molecule has 1 heterocycles. The Labute approximate surface area is 101 Å². The van der Waals surface area contributed by atoms with Gasteiger partial charge in [0.05, 0.1) is 6.54 Å². The molecule has 0 spiro atoms. The summed E-state index contributed by atoms with van der Waals surface area (Å²) in [6, 6.07) is 4.20. The average Bonchev–Trinajstić information content (AvgIpc) is 2.66. The summed E-state index contributed by atoms with van der Waals surface area (Å²) in [4.78, 5) is 3.41. The van der Waals surface area contributed by atoms with Gasteiger partial charge in [-0.2, -0.15) is 0 Å². The Morgan fingerprint density at radius 3 is 2.87 bits per heavy atom. The summed E-state index contributed by atoms with van der Waals surface area (Å²) in [6.45, 7) is 6.18. The Morgan fingerprint density at radius 2 is 2.33 bits per heavy atom. The van der Waals surface area contributed by atoms with Crippen molar-refractivity contribution in [2.75, 3.05) is 13.6 Å². The summed E-state index contributed by atoms with van der Waals surface area (Å²) >= 11 is 7.05. The van der Waals surface area contributed by atoms with Crippen LogP contribution in [0.15, 0.2) is 17.5 Å². The van der Waals surface area contributed by atoms with E-state index in [1.54, 1.807) is 11.3 Å². The van der Waals surface area contributed by atoms with Crippen molar-refractivity contribution < 1.29 is 0 Å².